The number of amides is 1. The van der Waals surface area contributed by atoms with Gasteiger partial charge in [-0.15, -0.1) is 11.8 Å². The molecule has 0 heterocycles. The molecule has 5 heteroatoms. The van der Waals surface area contributed by atoms with Crippen molar-refractivity contribution < 1.29 is 14.3 Å². The van der Waals surface area contributed by atoms with E-state index in [2.05, 4.69) is 36.5 Å². The maximum atomic E-state index is 12.2. The molecule has 0 saturated carbocycles. The number of hydrogen-bond donors (Lipinski definition) is 1. The molecule has 2 aromatic rings. The minimum Gasteiger partial charge on any atom is -0.497 e. The maximum absolute atomic E-state index is 12.2. The van der Waals surface area contributed by atoms with Gasteiger partial charge in [-0.2, -0.15) is 0 Å². The molecule has 0 unspecified atom stereocenters. The van der Waals surface area contributed by atoms with Crippen LogP contribution in [0.1, 0.15) is 15.9 Å². The second-order valence-corrected chi connectivity index (χ2v) is 6.15. The molecule has 0 aromatic heterocycles. The van der Waals surface area contributed by atoms with Gasteiger partial charge in [0.15, 0.2) is 0 Å². The van der Waals surface area contributed by atoms with E-state index in [0.29, 0.717) is 23.6 Å². The summed E-state index contributed by atoms with van der Waals surface area (Å²) < 4.78 is 10.4. The molecule has 0 aliphatic carbocycles. The number of hydrogen-bond acceptors (Lipinski definition) is 4. The summed E-state index contributed by atoms with van der Waals surface area (Å²) in [6.07, 6.45) is 0. The topological polar surface area (TPSA) is 47.6 Å². The molecule has 1 amide bonds. The zero-order valence-electron chi connectivity index (χ0n) is 13.6. The van der Waals surface area contributed by atoms with Gasteiger partial charge in [0.25, 0.3) is 5.91 Å². The van der Waals surface area contributed by atoms with E-state index in [9.17, 15) is 4.79 Å². The van der Waals surface area contributed by atoms with E-state index in [1.54, 1.807) is 44.2 Å². The lowest BCUT2D eigenvalue weighted by Crippen LogP contribution is -2.26. The van der Waals surface area contributed by atoms with Crippen molar-refractivity contribution in [2.45, 2.75) is 11.8 Å². The summed E-state index contributed by atoms with van der Waals surface area (Å²) in [6, 6.07) is 13.5. The van der Waals surface area contributed by atoms with Gasteiger partial charge in [0.2, 0.25) is 0 Å². The number of carbonyl (C=O) groups excluding carboxylic acids is 1. The molecule has 2 aromatic carbocycles. The van der Waals surface area contributed by atoms with Gasteiger partial charge < -0.3 is 14.8 Å². The third kappa shape index (κ3) is 4.93. The van der Waals surface area contributed by atoms with E-state index in [0.717, 1.165) is 5.75 Å². The lowest BCUT2D eigenvalue weighted by Gasteiger charge is -2.10. The van der Waals surface area contributed by atoms with Crippen LogP contribution in [-0.2, 0) is 0 Å². The molecule has 0 spiro atoms. The van der Waals surface area contributed by atoms with Crippen LogP contribution in [0.3, 0.4) is 0 Å². The van der Waals surface area contributed by atoms with Crippen LogP contribution in [0, 0.1) is 6.92 Å². The highest BCUT2D eigenvalue weighted by Gasteiger charge is 2.12. The SMILES string of the molecule is COc1ccc(C(=O)NCCSc2ccc(C)cc2)c(OC)c1. The van der Waals surface area contributed by atoms with Gasteiger partial charge in [0, 0.05) is 23.3 Å². The molecule has 0 saturated heterocycles. The van der Waals surface area contributed by atoms with Crippen molar-refractivity contribution in [1.82, 2.24) is 5.32 Å². The first-order valence-corrected chi connectivity index (χ1v) is 8.32. The quantitative estimate of drug-likeness (QED) is 0.623. The van der Waals surface area contributed by atoms with Crippen molar-refractivity contribution in [3.05, 3.63) is 53.6 Å². The number of aryl methyl sites for hydroxylation is 1. The van der Waals surface area contributed by atoms with E-state index >= 15 is 0 Å². The summed E-state index contributed by atoms with van der Waals surface area (Å²) in [5.41, 5.74) is 1.75. The minimum absolute atomic E-state index is 0.144. The highest BCUT2D eigenvalue weighted by molar-refractivity contribution is 7.99. The van der Waals surface area contributed by atoms with Gasteiger partial charge in [-0.3, -0.25) is 4.79 Å². The van der Waals surface area contributed by atoms with Crippen LogP contribution in [-0.4, -0.2) is 32.4 Å². The first-order chi connectivity index (χ1) is 11.1. The molecular weight excluding hydrogens is 310 g/mol. The second kappa shape index (κ2) is 8.48. The molecule has 0 fully saturated rings. The third-order valence-electron chi connectivity index (χ3n) is 3.33. The average molecular weight is 331 g/mol. The normalized spacial score (nSPS) is 10.2. The highest BCUT2D eigenvalue weighted by Crippen LogP contribution is 2.24. The van der Waals surface area contributed by atoms with Crippen molar-refractivity contribution in [3.63, 3.8) is 0 Å². The standard InChI is InChI=1S/C18H21NO3S/c1-13-4-7-15(8-5-13)23-11-10-19-18(20)16-9-6-14(21-2)12-17(16)22-3/h4-9,12H,10-11H2,1-3H3,(H,19,20). The number of benzene rings is 2. The molecule has 1 N–H and O–H groups in total. The van der Waals surface area contributed by atoms with Gasteiger partial charge in [0.1, 0.15) is 11.5 Å². The first kappa shape index (κ1) is 17.2. The Labute approximate surface area is 141 Å². The Morgan fingerprint density at radius 1 is 1.09 bits per heavy atom. The van der Waals surface area contributed by atoms with E-state index in [1.807, 2.05) is 0 Å². The fourth-order valence-electron chi connectivity index (χ4n) is 2.05. The van der Waals surface area contributed by atoms with Gasteiger partial charge in [0.05, 0.1) is 19.8 Å². The molecule has 23 heavy (non-hydrogen) atoms. The molecule has 4 nitrogen and oxygen atoms in total. The van der Waals surface area contributed by atoms with Crippen LogP contribution in [0.4, 0.5) is 0 Å². The van der Waals surface area contributed by atoms with E-state index in [-0.39, 0.29) is 5.91 Å². The number of methoxy groups -OCH3 is 2. The Morgan fingerprint density at radius 2 is 1.83 bits per heavy atom. The first-order valence-electron chi connectivity index (χ1n) is 7.33. The van der Waals surface area contributed by atoms with Crippen LogP contribution in [0.15, 0.2) is 47.4 Å². The van der Waals surface area contributed by atoms with Crippen LogP contribution in [0.2, 0.25) is 0 Å². The number of ether oxygens (including phenoxy) is 2. The van der Waals surface area contributed by atoms with E-state index in [1.165, 1.54) is 10.5 Å². The monoisotopic (exact) mass is 331 g/mol. The maximum Gasteiger partial charge on any atom is 0.255 e. The summed E-state index contributed by atoms with van der Waals surface area (Å²) in [5, 5.41) is 2.91. The molecule has 0 aliphatic rings. The molecule has 0 aliphatic heterocycles. The van der Waals surface area contributed by atoms with E-state index < -0.39 is 0 Å². The fraction of sp³-hybridized carbons (Fsp3) is 0.278. The van der Waals surface area contributed by atoms with Crippen LogP contribution >= 0.6 is 11.8 Å². The molecule has 0 bridgehead atoms. The van der Waals surface area contributed by atoms with Gasteiger partial charge >= 0.3 is 0 Å². The zero-order valence-corrected chi connectivity index (χ0v) is 14.4. The predicted octanol–water partition coefficient (Wildman–Crippen LogP) is 3.53. The van der Waals surface area contributed by atoms with Crippen LogP contribution in [0.5, 0.6) is 11.5 Å². The number of rotatable bonds is 7. The minimum atomic E-state index is -0.144. The number of thioether (sulfide) groups is 1. The summed E-state index contributed by atoms with van der Waals surface area (Å²) in [5.74, 6) is 1.84. The summed E-state index contributed by atoms with van der Waals surface area (Å²) in [7, 11) is 3.12. The molecular formula is C18H21NO3S. The fourth-order valence-corrected chi connectivity index (χ4v) is 2.82. The summed E-state index contributed by atoms with van der Waals surface area (Å²) in [6.45, 7) is 2.66. The Kier molecular flexibility index (Phi) is 6.35. The van der Waals surface area contributed by atoms with Crippen molar-refractivity contribution in [2.24, 2.45) is 0 Å². The summed E-state index contributed by atoms with van der Waals surface area (Å²) >= 11 is 1.72. The largest absolute Gasteiger partial charge is 0.497 e. The Morgan fingerprint density at radius 3 is 2.48 bits per heavy atom. The Hall–Kier alpha value is -2.14. The van der Waals surface area contributed by atoms with Crippen LogP contribution in [0.25, 0.3) is 0 Å². The molecule has 2 rings (SSSR count). The van der Waals surface area contributed by atoms with Gasteiger partial charge in [-0.25, -0.2) is 0 Å². The lowest BCUT2D eigenvalue weighted by atomic mass is 10.2. The Bertz CT molecular complexity index is 656. The summed E-state index contributed by atoms with van der Waals surface area (Å²) in [4.78, 5) is 13.4. The zero-order chi connectivity index (χ0) is 16.7. The molecule has 122 valence electrons. The highest BCUT2D eigenvalue weighted by atomic mass is 32.2. The van der Waals surface area contributed by atoms with Crippen LogP contribution < -0.4 is 14.8 Å². The van der Waals surface area contributed by atoms with Gasteiger partial charge in [-0.1, -0.05) is 17.7 Å². The average Bonchev–Trinajstić information content (AvgIpc) is 2.59. The lowest BCUT2D eigenvalue weighted by molar-refractivity contribution is 0.0953. The Balaban J connectivity index is 1.86. The van der Waals surface area contributed by atoms with E-state index in [4.69, 9.17) is 9.47 Å². The number of carbonyl (C=O) groups is 1. The molecule has 0 radical (unpaired) electrons. The molecule has 0 atom stereocenters. The van der Waals surface area contributed by atoms with Crippen molar-refractivity contribution in [3.8, 4) is 11.5 Å². The van der Waals surface area contributed by atoms with Crippen molar-refractivity contribution in [1.29, 1.82) is 0 Å². The second-order valence-electron chi connectivity index (χ2n) is 4.98. The number of nitrogens with one attached hydrogen (secondary N) is 1. The van der Waals surface area contributed by atoms with Gasteiger partial charge in [-0.05, 0) is 31.2 Å². The van der Waals surface area contributed by atoms with Crippen molar-refractivity contribution in [2.75, 3.05) is 26.5 Å². The smallest absolute Gasteiger partial charge is 0.255 e. The predicted molar refractivity (Wildman–Crippen MR) is 93.8 cm³/mol. The van der Waals surface area contributed by atoms with Crippen molar-refractivity contribution >= 4 is 17.7 Å². The third-order valence-corrected chi connectivity index (χ3v) is 4.34.